The number of piperidine rings is 1. The lowest BCUT2D eigenvalue weighted by Gasteiger charge is -2.25. The SMILES string of the molecule is CCOc1ccc(NCc2nnc(SCCN3CCCCC3)n2-c2ccc(C)cc2)cc1. The van der Waals surface area contributed by atoms with Crippen molar-refractivity contribution in [1.29, 1.82) is 0 Å². The van der Waals surface area contributed by atoms with Crippen LogP contribution in [0.1, 0.15) is 37.6 Å². The van der Waals surface area contributed by atoms with Gasteiger partial charge in [0.05, 0.1) is 13.2 Å². The Labute approximate surface area is 195 Å². The van der Waals surface area contributed by atoms with Crippen molar-refractivity contribution in [3.8, 4) is 11.4 Å². The molecule has 6 nitrogen and oxygen atoms in total. The van der Waals surface area contributed by atoms with Gasteiger partial charge in [-0.3, -0.25) is 4.57 Å². The number of aromatic nitrogens is 3. The summed E-state index contributed by atoms with van der Waals surface area (Å²) < 4.78 is 7.72. The molecule has 2 aromatic carbocycles. The summed E-state index contributed by atoms with van der Waals surface area (Å²) in [6, 6.07) is 16.6. The number of hydrogen-bond donors (Lipinski definition) is 1. The summed E-state index contributed by atoms with van der Waals surface area (Å²) in [5.74, 6) is 2.81. The van der Waals surface area contributed by atoms with Crippen LogP contribution in [0.15, 0.2) is 53.7 Å². The third-order valence-corrected chi connectivity index (χ3v) is 6.60. The maximum atomic E-state index is 5.53. The second kappa shape index (κ2) is 11.4. The highest BCUT2D eigenvalue weighted by Gasteiger charge is 2.16. The smallest absolute Gasteiger partial charge is 0.195 e. The van der Waals surface area contributed by atoms with Crippen molar-refractivity contribution in [2.75, 3.05) is 37.3 Å². The van der Waals surface area contributed by atoms with Crippen LogP contribution in [0.2, 0.25) is 0 Å². The van der Waals surface area contributed by atoms with E-state index in [0.29, 0.717) is 13.2 Å². The van der Waals surface area contributed by atoms with Crippen molar-refractivity contribution in [2.45, 2.75) is 44.8 Å². The fraction of sp³-hybridized carbons (Fsp3) is 0.440. The lowest BCUT2D eigenvalue weighted by Crippen LogP contribution is -2.31. The summed E-state index contributed by atoms with van der Waals surface area (Å²) in [4.78, 5) is 2.57. The Morgan fingerprint density at radius 3 is 2.44 bits per heavy atom. The van der Waals surface area contributed by atoms with E-state index in [0.717, 1.165) is 40.4 Å². The van der Waals surface area contributed by atoms with Crippen molar-refractivity contribution in [1.82, 2.24) is 19.7 Å². The van der Waals surface area contributed by atoms with Crippen molar-refractivity contribution in [2.24, 2.45) is 0 Å². The number of nitrogens with zero attached hydrogens (tertiary/aromatic N) is 4. The lowest BCUT2D eigenvalue weighted by atomic mass is 10.1. The molecule has 0 amide bonds. The molecular weight excluding hydrogens is 418 g/mol. The van der Waals surface area contributed by atoms with Gasteiger partial charge in [-0.2, -0.15) is 0 Å². The summed E-state index contributed by atoms with van der Waals surface area (Å²) in [6.07, 6.45) is 4.02. The van der Waals surface area contributed by atoms with Crippen LogP contribution in [0.4, 0.5) is 5.69 Å². The lowest BCUT2D eigenvalue weighted by molar-refractivity contribution is 0.242. The number of ether oxygens (including phenoxy) is 1. The van der Waals surface area contributed by atoms with E-state index < -0.39 is 0 Å². The minimum Gasteiger partial charge on any atom is -0.494 e. The predicted molar refractivity (Wildman–Crippen MR) is 132 cm³/mol. The maximum absolute atomic E-state index is 5.53. The van der Waals surface area contributed by atoms with Crippen molar-refractivity contribution < 1.29 is 4.74 Å². The number of thioether (sulfide) groups is 1. The van der Waals surface area contributed by atoms with Gasteiger partial charge in [0.15, 0.2) is 11.0 Å². The van der Waals surface area contributed by atoms with Crippen LogP contribution in [-0.4, -0.2) is 51.7 Å². The van der Waals surface area contributed by atoms with E-state index in [4.69, 9.17) is 4.74 Å². The van der Waals surface area contributed by atoms with Gasteiger partial charge in [-0.1, -0.05) is 35.9 Å². The monoisotopic (exact) mass is 451 g/mol. The van der Waals surface area contributed by atoms with Crippen molar-refractivity contribution in [3.05, 3.63) is 59.9 Å². The standard InChI is InChI=1S/C25H33N5OS/c1-3-31-23-13-9-21(10-14-23)26-19-24-27-28-25(30(24)22-11-7-20(2)8-12-22)32-18-17-29-15-5-4-6-16-29/h7-14,26H,3-6,15-19H2,1-2H3. The third kappa shape index (κ3) is 6.04. The molecule has 7 heteroatoms. The molecule has 1 aliphatic rings. The van der Waals surface area contributed by atoms with Gasteiger partial charge in [0.2, 0.25) is 0 Å². The fourth-order valence-corrected chi connectivity index (χ4v) is 4.90. The zero-order valence-corrected chi connectivity index (χ0v) is 19.9. The minimum atomic E-state index is 0.599. The van der Waals surface area contributed by atoms with Gasteiger partial charge in [0, 0.05) is 23.7 Å². The van der Waals surface area contributed by atoms with Gasteiger partial charge < -0.3 is 15.0 Å². The molecular formula is C25H33N5OS. The first-order valence-corrected chi connectivity index (χ1v) is 12.5. The normalized spacial score (nSPS) is 14.4. The number of likely N-dealkylation sites (tertiary alicyclic amines) is 1. The third-order valence-electron chi connectivity index (χ3n) is 5.70. The molecule has 32 heavy (non-hydrogen) atoms. The first-order valence-electron chi connectivity index (χ1n) is 11.6. The Balaban J connectivity index is 1.46. The van der Waals surface area contributed by atoms with Crippen LogP contribution >= 0.6 is 11.8 Å². The zero-order valence-electron chi connectivity index (χ0n) is 19.1. The summed E-state index contributed by atoms with van der Waals surface area (Å²) in [5, 5.41) is 13.5. The Bertz CT molecular complexity index is 965. The summed E-state index contributed by atoms with van der Waals surface area (Å²) in [5.41, 5.74) is 3.38. The Kier molecular flexibility index (Phi) is 8.07. The average molecular weight is 452 g/mol. The molecule has 0 bridgehead atoms. The number of hydrogen-bond acceptors (Lipinski definition) is 6. The number of benzene rings is 2. The number of aryl methyl sites for hydroxylation is 1. The van der Waals surface area contributed by atoms with Gasteiger partial charge in [0.25, 0.3) is 0 Å². The zero-order chi connectivity index (χ0) is 22.2. The molecule has 2 heterocycles. The highest BCUT2D eigenvalue weighted by molar-refractivity contribution is 7.99. The Hall–Kier alpha value is -2.51. The Morgan fingerprint density at radius 1 is 0.969 bits per heavy atom. The molecule has 4 rings (SSSR count). The summed E-state index contributed by atoms with van der Waals surface area (Å²) in [6.45, 7) is 8.92. The fourth-order valence-electron chi connectivity index (χ4n) is 3.93. The molecule has 0 aliphatic carbocycles. The molecule has 1 N–H and O–H groups in total. The molecule has 170 valence electrons. The van der Waals surface area contributed by atoms with Gasteiger partial charge in [0.1, 0.15) is 5.75 Å². The highest BCUT2D eigenvalue weighted by Crippen LogP contribution is 2.24. The number of anilines is 1. The summed E-state index contributed by atoms with van der Waals surface area (Å²) >= 11 is 1.79. The second-order valence-corrected chi connectivity index (χ2v) is 9.19. The molecule has 0 radical (unpaired) electrons. The number of rotatable bonds is 10. The molecule has 1 fully saturated rings. The van der Waals surface area contributed by atoms with Crippen LogP contribution in [-0.2, 0) is 6.54 Å². The van der Waals surface area contributed by atoms with Crippen molar-refractivity contribution >= 4 is 17.4 Å². The number of nitrogens with one attached hydrogen (secondary N) is 1. The van der Waals surface area contributed by atoms with Crippen molar-refractivity contribution in [3.63, 3.8) is 0 Å². The van der Waals surface area contributed by atoms with E-state index in [1.165, 1.54) is 37.9 Å². The van der Waals surface area contributed by atoms with E-state index in [1.807, 2.05) is 31.2 Å². The van der Waals surface area contributed by atoms with Gasteiger partial charge >= 0.3 is 0 Å². The van der Waals surface area contributed by atoms with Crippen LogP contribution in [0.5, 0.6) is 5.75 Å². The van der Waals surface area contributed by atoms with Crippen LogP contribution in [0.3, 0.4) is 0 Å². The predicted octanol–water partition coefficient (Wildman–Crippen LogP) is 5.16. The molecule has 1 saturated heterocycles. The van der Waals surface area contributed by atoms with E-state index in [1.54, 1.807) is 11.8 Å². The minimum absolute atomic E-state index is 0.599. The molecule has 1 aliphatic heterocycles. The van der Waals surface area contributed by atoms with Crippen LogP contribution in [0.25, 0.3) is 5.69 Å². The second-order valence-electron chi connectivity index (χ2n) is 8.13. The maximum Gasteiger partial charge on any atom is 0.195 e. The van der Waals surface area contributed by atoms with E-state index in [2.05, 4.69) is 56.2 Å². The van der Waals surface area contributed by atoms with Crippen LogP contribution < -0.4 is 10.1 Å². The topological polar surface area (TPSA) is 55.2 Å². The first kappa shape index (κ1) is 22.7. The molecule has 0 spiro atoms. The van der Waals surface area contributed by atoms with Gasteiger partial charge in [-0.25, -0.2) is 0 Å². The molecule has 3 aromatic rings. The van der Waals surface area contributed by atoms with E-state index in [9.17, 15) is 0 Å². The van der Waals surface area contributed by atoms with E-state index >= 15 is 0 Å². The van der Waals surface area contributed by atoms with Gasteiger partial charge in [-0.05, 0) is 76.2 Å². The van der Waals surface area contributed by atoms with Crippen LogP contribution in [0, 0.1) is 6.92 Å². The summed E-state index contributed by atoms with van der Waals surface area (Å²) in [7, 11) is 0. The van der Waals surface area contributed by atoms with Gasteiger partial charge in [-0.15, -0.1) is 10.2 Å². The molecule has 0 atom stereocenters. The Morgan fingerprint density at radius 2 is 1.72 bits per heavy atom. The largest absolute Gasteiger partial charge is 0.494 e. The highest BCUT2D eigenvalue weighted by atomic mass is 32.2. The first-order chi connectivity index (χ1) is 15.7. The average Bonchev–Trinajstić information content (AvgIpc) is 3.23. The quantitative estimate of drug-likeness (QED) is 0.430. The molecule has 0 unspecified atom stereocenters. The molecule has 0 saturated carbocycles. The molecule has 1 aromatic heterocycles. The van der Waals surface area contributed by atoms with E-state index in [-0.39, 0.29) is 0 Å².